The lowest BCUT2D eigenvalue weighted by molar-refractivity contribution is 0.0942. The van der Waals surface area contributed by atoms with Crippen molar-refractivity contribution in [2.75, 3.05) is 0 Å². The number of pyridine rings is 1. The number of carbonyl (C=O) groups excluding carboxylic acids is 1. The van der Waals surface area contributed by atoms with Gasteiger partial charge < -0.3 is 9.88 Å². The third-order valence-electron chi connectivity index (χ3n) is 2.70. The van der Waals surface area contributed by atoms with Gasteiger partial charge in [0.25, 0.3) is 5.91 Å². The van der Waals surface area contributed by atoms with Gasteiger partial charge in [0.15, 0.2) is 5.43 Å². The zero-order valence-electron chi connectivity index (χ0n) is 10.4. The number of carbonyl (C=O) groups is 1. The van der Waals surface area contributed by atoms with Gasteiger partial charge >= 0.3 is 0 Å². The Bertz CT molecular complexity index is 664. The molecule has 19 heavy (non-hydrogen) atoms. The predicted octanol–water partition coefficient (Wildman–Crippen LogP) is 1.97. The molecule has 0 unspecified atom stereocenters. The maximum atomic E-state index is 12.0. The van der Waals surface area contributed by atoms with Gasteiger partial charge in [0.05, 0.1) is 0 Å². The van der Waals surface area contributed by atoms with Crippen LogP contribution in [-0.4, -0.2) is 10.5 Å². The molecule has 0 fully saturated rings. The molecular formula is C14H13ClN2O2. The Balaban J connectivity index is 2.09. The van der Waals surface area contributed by atoms with E-state index in [1.54, 1.807) is 29.9 Å². The second-order valence-corrected chi connectivity index (χ2v) is 4.61. The number of nitrogens with one attached hydrogen (secondary N) is 1. The number of hydrogen-bond donors (Lipinski definition) is 1. The number of amides is 1. The van der Waals surface area contributed by atoms with Crippen LogP contribution in [0.2, 0.25) is 5.02 Å². The molecule has 0 spiro atoms. The Morgan fingerprint density at radius 3 is 2.84 bits per heavy atom. The third kappa shape index (κ3) is 3.45. The van der Waals surface area contributed by atoms with Crippen molar-refractivity contribution in [1.82, 2.24) is 9.88 Å². The Kier molecular flexibility index (Phi) is 4.02. The maximum absolute atomic E-state index is 12.0. The van der Waals surface area contributed by atoms with E-state index in [-0.39, 0.29) is 11.3 Å². The van der Waals surface area contributed by atoms with Crippen LogP contribution in [0, 0.1) is 0 Å². The summed E-state index contributed by atoms with van der Waals surface area (Å²) in [6.07, 6.45) is 1.57. The van der Waals surface area contributed by atoms with E-state index in [1.807, 2.05) is 12.1 Å². The molecular weight excluding hydrogens is 264 g/mol. The van der Waals surface area contributed by atoms with Crippen LogP contribution in [0.4, 0.5) is 0 Å². The fraction of sp³-hybridized carbons (Fsp3) is 0.143. The van der Waals surface area contributed by atoms with E-state index in [2.05, 4.69) is 5.32 Å². The molecule has 4 nitrogen and oxygen atoms in total. The molecule has 5 heteroatoms. The number of benzene rings is 1. The van der Waals surface area contributed by atoms with Crippen molar-refractivity contribution in [3.05, 3.63) is 69.1 Å². The van der Waals surface area contributed by atoms with Crippen LogP contribution in [0.15, 0.2) is 47.4 Å². The fourth-order valence-corrected chi connectivity index (χ4v) is 1.91. The first-order valence-electron chi connectivity index (χ1n) is 5.75. The molecule has 2 rings (SSSR count). The van der Waals surface area contributed by atoms with E-state index >= 15 is 0 Å². The first-order valence-corrected chi connectivity index (χ1v) is 6.13. The summed E-state index contributed by atoms with van der Waals surface area (Å²) in [6.45, 7) is 0.364. The summed E-state index contributed by atoms with van der Waals surface area (Å²) < 4.78 is 1.61. The SMILES string of the molecule is Cn1ccc(=O)cc1C(=O)NCc1cccc(Cl)c1. The fourth-order valence-electron chi connectivity index (χ4n) is 1.70. The van der Waals surface area contributed by atoms with Gasteiger partial charge in [0.2, 0.25) is 0 Å². The highest BCUT2D eigenvalue weighted by molar-refractivity contribution is 6.30. The van der Waals surface area contributed by atoms with Gasteiger partial charge in [-0.25, -0.2) is 0 Å². The van der Waals surface area contributed by atoms with Crippen LogP contribution in [0.25, 0.3) is 0 Å². The molecule has 0 aliphatic carbocycles. The lowest BCUT2D eigenvalue weighted by Gasteiger charge is -2.09. The van der Waals surface area contributed by atoms with Crippen molar-refractivity contribution in [3.8, 4) is 0 Å². The molecule has 1 N–H and O–H groups in total. The van der Waals surface area contributed by atoms with Gasteiger partial charge in [-0.05, 0) is 17.7 Å². The first kappa shape index (κ1) is 13.4. The molecule has 0 radical (unpaired) electrons. The minimum atomic E-state index is -0.292. The summed E-state index contributed by atoms with van der Waals surface area (Å²) in [5, 5.41) is 3.38. The summed E-state index contributed by atoms with van der Waals surface area (Å²) in [5.41, 5.74) is 1.04. The van der Waals surface area contributed by atoms with Crippen LogP contribution >= 0.6 is 11.6 Å². The molecule has 1 amide bonds. The zero-order valence-corrected chi connectivity index (χ0v) is 11.1. The average Bonchev–Trinajstić information content (AvgIpc) is 2.39. The standard InChI is InChI=1S/C14H13ClN2O2/c1-17-6-5-12(18)8-13(17)14(19)16-9-10-3-2-4-11(15)7-10/h2-8H,9H2,1H3,(H,16,19). The number of aromatic nitrogens is 1. The lowest BCUT2D eigenvalue weighted by atomic mass is 10.2. The summed E-state index contributed by atoms with van der Waals surface area (Å²) >= 11 is 5.87. The van der Waals surface area contributed by atoms with Crippen molar-refractivity contribution in [2.45, 2.75) is 6.54 Å². The average molecular weight is 277 g/mol. The van der Waals surface area contributed by atoms with Crippen LogP contribution in [-0.2, 0) is 13.6 Å². The summed E-state index contributed by atoms with van der Waals surface area (Å²) in [5.74, 6) is -0.292. The van der Waals surface area contributed by atoms with Crippen LogP contribution in [0.5, 0.6) is 0 Å². The van der Waals surface area contributed by atoms with E-state index in [9.17, 15) is 9.59 Å². The minimum Gasteiger partial charge on any atom is -0.347 e. The summed E-state index contributed by atoms with van der Waals surface area (Å²) in [6, 6.07) is 9.97. The smallest absolute Gasteiger partial charge is 0.268 e. The zero-order chi connectivity index (χ0) is 13.8. The maximum Gasteiger partial charge on any atom is 0.268 e. The van der Waals surface area contributed by atoms with Crippen molar-refractivity contribution in [2.24, 2.45) is 7.05 Å². The lowest BCUT2D eigenvalue weighted by Crippen LogP contribution is -2.27. The second-order valence-electron chi connectivity index (χ2n) is 4.17. The van der Waals surface area contributed by atoms with Gasteiger partial charge in [0.1, 0.15) is 5.69 Å². The Hall–Kier alpha value is -2.07. The van der Waals surface area contributed by atoms with E-state index < -0.39 is 0 Å². The van der Waals surface area contributed by atoms with Crippen molar-refractivity contribution >= 4 is 17.5 Å². The van der Waals surface area contributed by atoms with E-state index in [4.69, 9.17) is 11.6 Å². The van der Waals surface area contributed by atoms with Gasteiger partial charge in [-0.15, -0.1) is 0 Å². The minimum absolute atomic E-state index is 0.189. The predicted molar refractivity (Wildman–Crippen MR) is 74.3 cm³/mol. The molecule has 0 saturated carbocycles. The topological polar surface area (TPSA) is 51.1 Å². The van der Waals surface area contributed by atoms with Gasteiger partial charge in [-0.2, -0.15) is 0 Å². The van der Waals surface area contributed by atoms with Crippen LogP contribution in [0.3, 0.4) is 0 Å². The van der Waals surface area contributed by atoms with Crippen LogP contribution in [0.1, 0.15) is 16.1 Å². The van der Waals surface area contributed by atoms with Crippen molar-refractivity contribution in [1.29, 1.82) is 0 Å². The van der Waals surface area contributed by atoms with Gasteiger partial charge in [-0.1, -0.05) is 23.7 Å². The number of aryl methyl sites for hydroxylation is 1. The number of halogens is 1. The molecule has 2 aromatic rings. The van der Waals surface area contributed by atoms with Gasteiger partial charge in [0, 0.05) is 36.9 Å². The van der Waals surface area contributed by atoms with Crippen molar-refractivity contribution < 1.29 is 4.79 Å². The Morgan fingerprint density at radius 2 is 2.11 bits per heavy atom. The monoisotopic (exact) mass is 276 g/mol. The summed E-state index contributed by atoms with van der Waals surface area (Å²) in [4.78, 5) is 23.2. The molecule has 0 bridgehead atoms. The Morgan fingerprint density at radius 1 is 1.32 bits per heavy atom. The quantitative estimate of drug-likeness (QED) is 0.932. The van der Waals surface area contributed by atoms with E-state index in [0.717, 1.165) is 5.56 Å². The molecule has 0 saturated heterocycles. The molecule has 0 aliphatic heterocycles. The highest BCUT2D eigenvalue weighted by atomic mass is 35.5. The molecule has 98 valence electrons. The highest BCUT2D eigenvalue weighted by Crippen LogP contribution is 2.10. The largest absolute Gasteiger partial charge is 0.347 e. The number of nitrogens with zero attached hydrogens (tertiary/aromatic N) is 1. The number of rotatable bonds is 3. The summed E-state index contributed by atoms with van der Waals surface area (Å²) in [7, 11) is 1.72. The molecule has 1 aromatic carbocycles. The second kappa shape index (κ2) is 5.71. The third-order valence-corrected chi connectivity index (χ3v) is 2.93. The molecule has 1 aromatic heterocycles. The Labute approximate surface area is 115 Å². The normalized spacial score (nSPS) is 10.2. The molecule has 0 atom stereocenters. The van der Waals surface area contributed by atoms with Crippen molar-refractivity contribution in [3.63, 3.8) is 0 Å². The highest BCUT2D eigenvalue weighted by Gasteiger charge is 2.08. The van der Waals surface area contributed by atoms with E-state index in [1.165, 1.54) is 12.1 Å². The van der Waals surface area contributed by atoms with E-state index in [0.29, 0.717) is 17.3 Å². The molecule has 0 aliphatic rings. The van der Waals surface area contributed by atoms with Gasteiger partial charge in [-0.3, -0.25) is 9.59 Å². The number of hydrogen-bond acceptors (Lipinski definition) is 2. The molecule has 1 heterocycles. The van der Waals surface area contributed by atoms with Crippen LogP contribution < -0.4 is 10.7 Å². The first-order chi connectivity index (χ1) is 9.06.